The van der Waals surface area contributed by atoms with Gasteiger partial charge in [0.15, 0.2) is 6.10 Å². The van der Waals surface area contributed by atoms with E-state index in [2.05, 4.69) is 0 Å². The quantitative estimate of drug-likeness (QED) is 0.626. The van der Waals surface area contributed by atoms with Crippen LogP contribution < -0.4 is 0 Å². The molecule has 0 aliphatic heterocycles. The third-order valence-corrected chi connectivity index (χ3v) is 3.28. The van der Waals surface area contributed by atoms with Crippen LogP contribution in [0.2, 0.25) is 0 Å². The maximum absolute atomic E-state index is 12.0. The third kappa shape index (κ3) is 2.84. The largest absolute Gasteiger partial charge is 0.450 e. The molecule has 0 saturated carbocycles. The van der Waals surface area contributed by atoms with Crippen LogP contribution in [-0.2, 0) is 4.74 Å². The highest BCUT2D eigenvalue weighted by molar-refractivity contribution is 7.11. The molecule has 4 heteroatoms. The predicted molar refractivity (Wildman–Crippen MR) is 70.0 cm³/mol. The minimum Gasteiger partial charge on any atom is -0.450 e. The molecule has 1 aromatic heterocycles. The molecular weight excluding hydrogens is 248 g/mol. The van der Waals surface area contributed by atoms with Gasteiger partial charge in [-0.3, -0.25) is 4.79 Å². The molecule has 2 aromatic rings. The Labute approximate surface area is 109 Å². The second-order valence-corrected chi connectivity index (χ2v) is 4.70. The van der Waals surface area contributed by atoms with Gasteiger partial charge in [-0.25, -0.2) is 4.79 Å². The lowest BCUT2D eigenvalue weighted by atomic mass is 10.1. The van der Waals surface area contributed by atoms with Crippen molar-refractivity contribution < 1.29 is 14.3 Å². The normalized spacial score (nSPS) is 11.8. The molecule has 92 valence electrons. The number of ether oxygens (including phenoxy) is 1. The first-order valence-electron chi connectivity index (χ1n) is 5.52. The van der Waals surface area contributed by atoms with E-state index in [1.807, 2.05) is 6.07 Å². The second-order valence-electron chi connectivity index (χ2n) is 3.76. The number of Topliss-reactive ketones (excluding diaryl/α,β-unsaturated/α-hetero) is 1. The second kappa shape index (κ2) is 5.60. The number of hydrogen-bond donors (Lipinski definition) is 0. The maximum Gasteiger partial charge on any atom is 0.349 e. The van der Waals surface area contributed by atoms with Crippen LogP contribution in [-0.4, -0.2) is 17.9 Å². The van der Waals surface area contributed by atoms with Crippen LogP contribution in [0.25, 0.3) is 0 Å². The summed E-state index contributed by atoms with van der Waals surface area (Å²) in [5.74, 6) is -0.651. The van der Waals surface area contributed by atoms with Crippen molar-refractivity contribution in [2.24, 2.45) is 0 Å². The van der Waals surface area contributed by atoms with Crippen molar-refractivity contribution in [3.8, 4) is 0 Å². The molecule has 1 atom stereocenters. The van der Waals surface area contributed by atoms with E-state index in [1.54, 1.807) is 48.7 Å². The number of esters is 1. The van der Waals surface area contributed by atoms with Crippen molar-refractivity contribution in [2.75, 3.05) is 0 Å². The lowest BCUT2D eigenvalue weighted by molar-refractivity contribution is 0.0323. The van der Waals surface area contributed by atoms with Gasteiger partial charge in [0.1, 0.15) is 4.88 Å². The van der Waals surface area contributed by atoms with Gasteiger partial charge in [-0.1, -0.05) is 36.4 Å². The van der Waals surface area contributed by atoms with Crippen LogP contribution in [0, 0.1) is 0 Å². The van der Waals surface area contributed by atoms with Gasteiger partial charge in [-0.2, -0.15) is 0 Å². The first kappa shape index (κ1) is 12.5. The van der Waals surface area contributed by atoms with Crippen molar-refractivity contribution >= 4 is 23.1 Å². The fraction of sp³-hybridized carbons (Fsp3) is 0.143. The summed E-state index contributed by atoms with van der Waals surface area (Å²) in [6, 6.07) is 12.2. The lowest BCUT2D eigenvalue weighted by Crippen LogP contribution is -2.24. The van der Waals surface area contributed by atoms with Gasteiger partial charge in [-0.15, -0.1) is 11.3 Å². The molecule has 0 aliphatic rings. The van der Waals surface area contributed by atoms with Gasteiger partial charge in [0.25, 0.3) is 0 Å². The zero-order valence-corrected chi connectivity index (χ0v) is 10.6. The summed E-state index contributed by atoms with van der Waals surface area (Å²) in [6.07, 6.45) is -0.776. The first-order chi connectivity index (χ1) is 8.68. The van der Waals surface area contributed by atoms with E-state index in [-0.39, 0.29) is 5.78 Å². The molecular formula is C14H12O3S. The van der Waals surface area contributed by atoms with E-state index in [1.165, 1.54) is 11.3 Å². The number of hydrogen-bond acceptors (Lipinski definition) is 4. The molecule has 0 saturated heterocycles. The van der Waals surface area contributed by atoms with Gasteiger partial charge in [-0.05, 0) is 18.4 Å². The monoisotopic (exact) mass is 260 g/mol. The molecule has 0 amide bonds. The topological polar surface area (TPSA) is 43.4 Å². The smallest absolute Gasteiger partial charge is 0.349 e. The molecule has 0 N–H and O–H groups in total. The molecule has 1 heterocycles. The van der Waals surface area contributed by atoms with Crippen LogP contribution in [0.5, 0.6) is 0 Å². The van der Waals surface area contributed by atoms with E-state index in [9.17, 15) is 9.59 Å². The number of carbonyl (C=O) groups is 2. The Bertz CT molecular complexity index is 531. The highest BCUT2D eigenvalue weighted by atomic mass is 32.1. The lowest BCUT2D eigenvalue weighted by Gasteiger charge is -2.11. The van der Waals surface area contributed by atoms with Crippen LogP contribution in [0.4, 0.5) is 0 Å². The number of benzene rings is 1. The van der Waals surface area contributed by atoms with Crippen molar-refractivity contribution in [1.29, 1.82) is 0 Å². The van der Waals surface area contributed by atoms with Gasteiger partial charge >= 0.3 is 5.97 Å². The summed E-state index contributed by atoms with van der Waals surface area (Å²) in [6.45, 7) is 1.58. The molecule has 0 bridgehead atoms. The van der Waals surface area contributed by atoms with Gasteiger partial charge < -0.3 is 4.74 Å². The van der Waals surface area contributed by atoms with E-state index in [0.717, 1.165) is 0 Å². The molecule has 0 aliphatic carbocycles. The van der Waals surface area contributed by atoms with E-state index < -0.39 is 12.1 Å². The van der Waals surface area contributed by atoms with Gasteiger partial charge in [0.05, 0.1) is 0 Å². The van der Waals surface area contributed by atoms with Crippen LogP contribution in [0.1, 0.15) is 27.0 Å². The fourth-order valence-electron chi connectivity index (χ4n) is 1.50. The van der Waals surface area contributed by atoms with E-state index in [4.69, 9.17) is 4.74 Å². The summed E-state index contributed by atoms with van der Waals surface area (Å²) in [5.41, 5.74) is 0.545. The Hall–Kier alpha value is -1.94. The molecule has 18 heavy (non-hydrogen) atoms. The van der Waals surface area contributed by atoms with Crippen LogP contribution in [0.15, 0.2) is 47.8 Å². The number of thiophene rings is 1. The van der Waals surface area contributed by atoms with Crippen LogP contribution >= 0.6 is 11.3 Å². The molecule has 1 aromatic carbocycles. The summed E-state index contributed by atoms with van der Waals surface area (Å²) < 4.78 is 5.13. The summed E-state index contributed by atoms with van der Waals surface area (Å²) >= 11 is 1.29. The highest BCUT2D eigenvalue weighted by Crippen LogP contribution is 2.13. The standard InChI is InChI=1S/C14H12O3S/c1-10(13(15)11-6-3-2-4-7-11)17-14(16)12-8-5-9-18-12/h2-10H,1H3/t10-/m1/s1. The zero-order valence-electron chi connectivity index (χ0n) is 9.83. The van der Waals surface area contributed by atoms with Crippen molar-refractivity contribution in [3.05, 3.63) is 58.3 Å². The number of carbonyl (C=O) groups excluding carboxylic acids is 2. The summed E-state index contributed by atoms with van der Waals surface area (Å²) in [7, 11) is 0. The van der Waals surface area contributed by atoms with Crippen LogP contribution in [0.3, 0.4) is 0 Å². The molecule has 0 unspecified atom stereocenters. The molecule has 0 spiro atoms. The Balaban J connectivity index is 2.02. The Kier molecular flexibility index (Phi) is 3.89. The van der Waals surface area contributed by atoms with E-state index in [0.29, 0.717) is 10.4 Å². The Morgan fingerprint density at radius 1 is 1.11 bits per heavy atom. The molecule has 3 nitrogen and oxygen atoms in total. The Morgan fingerprint density at radius 3 is 2.44 bits per heavy atom. The predicted octanol–water partition coefficient (Wildman–Crippen LogP) is 3.18. The summed E-state index contributed by atoms with van der Waals surface area (Å²) in [5, 5.41) is 1.79. The van der Waals surface area contributed by atoms with Crippen molar-refractivity contribution in [3.63, 3.8) is 0 Å². The third-order valence-electron chi connectivity index (χ3n) is 2.43. The summed E-state index contributed by atoms with van der Waals surface area (Å²) in [4.78, 5) is 24.2. The zero-order chi connectivity index (χ0) is 13.0. The average Bonchev–Trinajstić information content (AvgIpc) is 2.92. The average molecular weight is 260 g/mol. The minimum absolute atomic E-state index is 0.194. The van der Waals surface area contributed by atoms with Crippen molar-refractivity contribution in [1.82, 2.24) is 0 Å². The Morgan fingerprint density at radius 2 is 1.83 bits per heavy atom. The molecule has 2 rings (SSSR count). The minimum atomic E-state index is -0.776. The highest BCUT2D eigenvalue weighted by Gasteiger charge is 2.20. The first-order valence-corrected chi connectivity index (χ1v) is 6.40. The fourth-order valence-corrected chi connectivity index (χ4v) is 2.11. The maximum atomic E-state index is 12.0. The molecule has 0 radical (unpaired) electrons. The van der Waals surface area contributed by atoms with Crippen molar-refractivity contribution in [2.45, 2.75) is 13.0 Å². The number of ketones is 1. The SMILES string of the molecule is C[C@@H](OC(=O)c1cccs1)C(=O)c1ccccc1. The van der Waals surface area contributed by atoms with E-state index >= 15 is 0 Å². The molecule has 0 fully saturated rings. The number of rotatable bonds is 4. The van der Waals surface area contributed by atoms with Gasteiger partial charge in [0.2, 0.25) is 5.78 Å². The van der Waals surface area contributed by atoms with Gasteiger partial charge in [0, 0.05) is 5.56 Å².